The van der Waals surface area contributed by atoms with Crippen LogP contribution >= 0.6 is 0 Å². The highest BCUT2D eigenvalue weighted by Crippen LogP contribution is 2.33. The molecule has 0 spiro atoms. The number of para-hydroxylation sites is 1. The Bertz CT molecular complexity index is 695. The van der Waals surface area contributed by atoms with Gasteiger partial charge >= 0.3 is 0 Å². The van der Waals surface area contributed by atoms with Gasteiger partial charge < -0.3 is 10.6 Å². The van der Waals surface area contributed by atoms with E-state index in [-0.39, 0.29) is 11.9 Å². The van der Waals surface area contributed by atoms with Crippen molar-refractivity contribution in [2.75, 3.05) is 5.32 Å². The molecular weight excluding hydrogens is 312 g/mol. The zero-order chi connectivity index (χ0) is 18.6. The number of nitrogens with one attached hydrogen (secondary N) is 2. The van der Waals surface area contributed by atoms with Crippen LogP contribution in [0.2, 0.25) is 0 Å². The Morgan fingerprint density at radius 2 is 1.52 bits per heavy atom. The third kappa shape index (κ3) is 4.78. The van der Waals surface area contributed by atoms with Crippen LogP contribution in [-0.4, -0.2) is 21.9 Å². The van der Waals surface area contributed by atoms with Crippen molar-refractivity contribution in [2.24, 2.45) is 0 Å². The van der Waals surface area contributed by atoms with Gasteiger partial charge in [0, 0.05) is 11.7 Å². The number of carbonyl (C=O) groups is 1. The van der Waals surface area contributed by atoms with E-state index in [9.17, 15) is 4.79 Å². The lowest BCUT2D eigenvalue weighted by molar-refractivity contribution is 0.0937. The monoisotopic (exact) mass is 340 g/mol. The van der Waals surface area contributed by atoms with Gasteiger partial charge in [-0.05, 0) is 36.8 Å². The minimum atomic E-state index is -0.209. The van der Waals surface area contributed by atoms with Crippen molar-refractivity contribution < 1.29 is 4.79 Å². The molecular formula is C20H28N4O. The fraction of sp³-hybridized carbons (Fsp3) is 0.450. The van der Waals surface area contributed by atoms with Crippen LogP contribution in [0.25, 0.3) is 0 Å². The Hall–Kier alpha value is -2.43. The summed E-state index contributed by atoms with van der Waals surface area (Å²) < 4.78 is 0. The normalized spacial score (nSPS) is 11.2. The number of rotatable bonds is 6. The standard InChI is InChI=1S/C20H28N4O/c1-12(2)15-8-7-9-16(13(3)4)19(15)24-18-11-21-17(10-22-18)20(25)23-14(5)6/h7-14H,1-6H3,(H,22,24)(H,23,25). The van der Waals surface area contributed by atoms with Gasteiger partial charge in [-0.3, -0.25) is 4.79 Å². The lowest BCUT2D eigenvalue weighted by Gasteiger charge is -2.20. The molecule has 0 unspecified atom stereocenters. The van der Waals surface area contributed by atoms with Gasteiger partial charge in [-0.1, -0.05) is 45.9 Å². The van der Waals surface area contributed by atoms with Crippen LogP contribution in [-0.2, 0) is 0 Å². The number of amides is 1. The Kier molecular flexibility index (Phi) is 6.12. The average Bonchev–Trinajstić information content (AvgIpc) is 2.54. The molecule has 1 aromatic heterocycles. The summed E-state index contributed by atoms with van der Waals surface area (Å²) in [5, 5.41) is 6.22. The number of benzene rings is 1. The van der Waals surface area contributed by atoms with E-state index in [0.29, 0.717) is 23.3 Å². The summed E-state index contributed by atoms with van der Waals surface area (Å²) in [6, 6.07) is 6.44. The van der Waals surface area contributed by atoms with E-state index in [1.807, 2.05) is 13.8 Å². The summed E-state index contributed by atoms with van der Waals surface area (Å²) in [6.45, 7) is 12.5. The summed E-state index contributed by atoms with van der Waals surface area (Å²) >= 11 is 0. The number of hydrogen-bond acceptors (Lipinski definition) is 4. The van der Waals surface area contributed by atoms with E-state index in [1.165, 1.54) is 17.3 Å². The van der Waals surface area contributed by atoms with E-state index in [1.54, 1.807) is 6.20 Å². The van der Waals surface area contributed by atoms with Crippen molar-refractivity contribution in [1.29, 1.82) is 0 Å². The van der Waals surface area contributed by atoms with E-state index in [4.69, 9.17) is 0 Å². The van der Waals surface area contributed by atoms with Gasteiger partial charge in [0.1, 0.15) is 11.5 Å². The number of carbonyl (C=O) groups excluding carboxylic acids is 1. The van der Waals surface area contributed by atoms with Crippen LogP contribution in [0.15, 0.2) is 30.6 Å². The fourth-order valence-electron chi connectivity index (χ4n) is 2.67. The zero-order valence-electron chi connectivity index (χ0n) is 15.9. The van der Waals surface area contributed by atoms with Gasteiger partial charge in [-0.25, -0.2) is 9.97 Å². The largest absolute Gasteiger partial charge is 0.348 e. The molecule has 5 nitrogen and oxygen atoms in total. The molecule has 0 aliphatic heterocycles. The summed E-state index contributed by atoms with van der Waals surface area (Å²) in [5.74, 6) is 1.21. The first-order chi connectivity index (χ1) is 11.8. The molecule has 134 valence electrons. The summed E-state index contributed by atoms with van der Waals surface area (Å²) in [5.41, 5.74) is 3.89. The SMILES string of the molecule is CC(C)NC(=O)c1cnc(Nc2c(C(C)C)cccc2C(C)C)cn1. The molecule has 5 heteroatoms. The van der Waals surface area contributed by atoms with Crippen molar-refractivity contribution in [1.82, 2.24) is 15.3 Å². The minimum absolute atomic E-state index is 0.0682. The fourth-order valence-corrected chi connectivity index (χ4v) is 2.67. The van der Waals surface area contributed by atoms with Crippen molar-refractivity contribution in [3.05, 3.63) is 47.4 Å². The van der Waals surface area contributed by atoms with Crippen LogP contribution < -0.4 is 10.6 Å². The first-order valence-corrected chi connectivity index (χ1v) is 8.82. The molecule has 0 saturated heterocycles. The predicted molar refractivity (Wildman–Crippen MR) is 103 cm³/mol. The minimum Gasteiger partial charge on any atom is -0.348 e. The molecule has 1 aromatic carbocycles. The lowest BCUT2D eigenvalue weighted by Crippen LogP contribution is -2.30. The second-order valence-corrected chi connectivity index (χ2v) is 7.16. The van der Waals surface area contributed by atoms with E-state index < -0.39 is 0 Å². The second-order valence-electron chi connectivity index (χ2n) is 7.16. The molecule has 0 saturated carbocycles. The molecule has 2 N–H and O–H groups in total. The van der Waals surface area contributed by atoms with Crippen molar-refractivity contribution in [3.63, 3.8) is 0 Å². The maximum absolute atomic E-state index is 12.0. The van der Waals surface area contributed by atoms with Crippen LogP contribution in [0.1, 0.15) is 75.0 Å². The number of anilines is 2. The molecule has 1 amide bonds. The molecule has 0 aliphatic rings. The third-order valence-corrected chi connectivity index (χ3v) is 3.93. The zero-order valence-corrected chi connectivity index (χ0v) is 15.9. The molecule has 0 aliphatic carbocycles. The van der Waals surface area contributed by atoms with Gasteiger partial charge in [0.2, 0.25) is 0 Å². The van der Waals surface area contributed by atoms with Gasteiger partial charge in [-0.2, -0.15) is 0 Å². The van der Waals surface area contributed by atoms with Crippen LogP contribution in [0.4, 0.5) is 11.5 Å². The van der Waals surface area contributed by atoms with Crippen molar-refractivity contribution in [3.8, 4) is 0 Å². The van der Waals surface area contributed by atoms with Gasteiger partial charge in [0.15, 0.2) is 0 Å². The quantitative estimate of drug-likeness (QED) is 0.806. The van der Waals surface area contributed by atoms with Gasteiger partial charge in [0.05, 0.1) is 12.4 Å². The van der Waals surface area contributed by atoms with Gasteiger partial charge in [0.25, 0.3) is 5.91 Å². The molecule has 2 aromatic rings. The lowest BCUT2D eigenvalue weighted by atomic mass is 9.92. The maximum Gasteiger partial charge on any atom is 0.271 e. The molecule has 0 atom stereocenters. The van der Waals surface area contributed by atoms with Gasteiger partial charge in [-0.15, -0.1) is 0 Å². The Labute approximate surface area is 150 Å². The average molecular weight is 340 g/mol. The maximum atomic E-state index is 12.0. The highest BCUT2D eigenvalue weighted by atomic mass is 16.1. The van der Waals surface area contributed by atoms with E-state index in [2.05, 4.69) is 66.5 Å². The molecule has 25 heavy (non-hydrogen) atoms. The van der Waals surface area contributed by atoms with E-state index >= 15 is 0 Å². The Morgan fingerprint density at radius 1 is 0.920 bits per heavy atom. The Balaban J connectivity index is 2.29. The topological polar surface area (TPSA) is 66.9 Å². The molecule has 1 heterocycles. The second kappa shape index (κ2) is 8.10. The van der Waals surface area contributed by atoms with Crippen molar-refractivity contribution in [2.45, 2.75) is 59.4 Å². The summed E-state index contributed by atoms with van der Waals surface area (Å²) in [6.07, 6.45) is 3.11. The number of hydrogen-bond donors (Lipinski definition) is 2. The first-order valence-electron chi connectivity index (χ1n) is 8.82. The van der Waals surface area contributed by atoms with Crippen LogP contribution in [0.5, 0.6) is 0 Å². The number of nitrogens with zero attached hydrogens (tertiary/aromatic N) is 2. The smallest absolute Gasteiger partial charge is 0.271 e. The third-order valence-electron chi connectivity index (χ3n) is 3.93. The highest BCUT2D eigenvalue weighted by Gasteiger charge is 2.15. The molecule has 0 radical (unpaired) electrons. The summed E-state index contributed by atoms with van der Waals surface area (Å²) in [7, 11) is 0. The van der Waals surface area contributed by atoms with Crippen LogP contribution in [0.3, 0.4) is 0 Å². The molecule has 0 bridgehead atoms. The van der Waals surface area contributed by atoms with Crippen LogP contribution in [0, 0.1) is 0 Å². The Morgan fingerprint density at radius 3 is 1.96 bits per heavy atom. The summed E-state index contributed by atoms with van der Waals surface area (Å²) in [4.78, 5) is 20.6. The number of aromatic nitrogens is 2. The highest BCUT2D eigenvalue weighted by molar-refractivity contribution is 5.92. The molecule has 2 rings (SSSR count). The van der Waals surface area contributed by atoms with E-state index in [0.717, 1.165) is 5.69 Å². The van der Waals surface area contributed by atoms with Crippen molar-refractivity contribution >= 4 is 17.4 Å². The predicted octanol–water partition coefficient (Wildman–Crippen LogP) is 4.61. The first kappa shape index (κ1) is 18.9. The molecule has 0 fully saturated rings.